The number of rotatable bonds is 6. The number of hydrogen-bond acceptors (Lipinski definition) is 2. The second-order valence-corrected chi connectivity index (χ2v) is 10.0. The maximum absolute atomic E-state index is 4.18. The molecule has 0 spiro atoms. The van der Waals surface area contributed by atoms with E-state index in [1.807, 2.05) is 0 Å². The molecule has 1 aliphatic heterocycles. The average Bonchev–Trinajstić information content (AvgIpc) is 2.80. The highest BCUT2D eigenvalue weighted by Gasteiger charge is 2.49. The smallest absolute Gasteiger partial charge is 0.0132 e. The lowest BCUT2D eigenvalue weighted by molar-refractivity contribution is 0.0186. The third-order valence-electron chi connectivity index (χ3n) is 8.12. The maximum atomic E-state index is 4.18. The van der Waals surface area contributed by atoms with Gasteiger partial charge in [-0.3, -0.25) is 0 Å². The van der Waals surface area contributed by atoms with Crippen molar-refractivity contribution in [3.63, 3.8) is 0 Å². The summed E-state index contributed by atoms with van der Waals surface area (Å²) in [5.41, 5.74) is 3.04. The van der Waals surface area contributed by atoms with Crippen molar-refractivity contribution in [2.24, 2.45) is 11.8 Å². The monoisotopic (exact) mass is 416 g/mol. The van der Waals surface area contributed by atoms with Gasteiger partial charge in [0.05, 0.1) is 0 Å². The summed E-state index contributed by atoms with van der Waals surface area (Å²) in [5, 5.41) is 0. The van der Waals surface area contributed by atoms with E-state index in [-0.39, 0.29) is 0 Å². The fourth-order valence-corrected chi connectivity index (χ4v) is 6.75. The van der Waals surface area contributed by atoms with E-state index in [1.165, 1.54) is 43.4 Å². The van der Waals surface area contributed by atoms with Crippen LogP contribution in [-0.4, -0.2) is 49.6 Å². The summed E-state index contributed by atoms with van der Waals surface area (Å²) < 4.78 is 0. The molecule has 2 fully saturated rings. The molecule has 6 unspecified atom stereocenters. The van der Waals surface area contributed by atoms with Crippen LogP contribution in [0.4, 0.5) is 0 Å². The molecule has 2 nitrogen and oxygen atoms in total. The molecule has 2 aromatic carbocycles. The first-order chi connectivity index (χ1) is 15.1. The van der Waals surface area contributed by atoms with Crippen molar-refractivity contribution in [2.45, 2.75) is 56.0 Å². The number of allylic oxidation sites excluding steroid dienone is 1. The molecule has 0 amide bonds. The van der Waals surface area contributed by atoms with E-state index >= 15 is 0 Å². The van der Waals surface area contributed by atoms with Gasteiger partial charge >= 0.3 is 0 Å². The third kappa shape index (κ3) is 4.66. The first kappa shape index (κ1) is 22.3. The predicted octanol–water partition coefficient (Wildman–Crippen LogP) is 6.18. The lowest BCUT2D eigenvalue weighted by Crippen LogP contribution is -2.54. The van der Waals surface area contributed by atoms with Gasteiger partial charge < -0.3 is 9.80 Å². The van der Waals surface area contributed by atoms with Crippen LogP contribution in [-0.2, 0) is 0 Å². The van der Waals surface area contributed by atoms with Crippen LogP contribution in [0.25, 0.3) is 0 Å². The Kier molecular flexibility index (Phi) is 7.30. The van der Waals surface area contributed by atoms with Crippen molar-refractivity contribution in [1.29, 1.82) is 0 Å². The van der Waals surface area contributed by atoms with Gasteiger partial charge in [-0.25, -0.2) is 0 Å². The maximum Gasteiger partial charge on any atom is 0.0132 e. The van der Waals surface area contributed by atoms with Gasteiger partial charge in [0, 0.05) is 12.1 Å². The van der Waals surface area contributed by atoms with Crippen molar-refractivity contribution in [2.75, 3.05) is 27.7 Å². The van der Waals surface area contributed by atoms with Crippen LogP contribution >= 0.6 is 0 Å². The van der Waals surface area contributed by atoms with Crippen LogP contribution in [0.2, 0.25) is 0 Å². The molecule has 0 N–H and O–H groups in total. The molecule has 31 heavy (non-hydrogen) atoms. The average molecular weight is 417 g/mol. The Morgan fingerprint density at radius 3 is 2.19 bits per heavy atom. The second-order valence-electron chi connectivity index (χ2n) is 10.0. The highest BCUT2D eigenvalue weighted by Crippen LogP contribution is 2.54. The zero-order valence-corrected chi connectivity index (χ0v) is 19.7. The Bertz CT molecular complexity index is 815. The first-order valence-corrected chi connectivity index (χ1v) is 12.2. The summed E-state index contributed by atoms with van der Waals surface area (Å²) in [6, 6.07) is 24.0. The Morgan fingerprint density at radius 1 is 0.968 bits per heavy atom. The molecule has 2 heteroatoms. The lowest BCUT2D eigenvalue weighted by atomic mass is 9.56. The predicted molar refractivity (Wildman–Crippen MR) is 133 cm³/mol. The number of nitrogens with zero attached hydrogens (tertiary/aromatic N) is 2. The van der Waals surface area contributed by atoms with E-state index in [9.17, 15) is 0 Å². The Labute approximate surface area is 190 Å². The summed E-state index contributed by atoms with van der Waals surface area (Å²) >= 11 is 0. The van der Waals surface area contributed by atoms with E-state index in [0.717, 1.165) is 6.42 Å². The topological polar surface area (TPSA) is 6.48 Å². The van der Waals surface area contributed by atoms with Crippen molar-refractivity contribution in [3.8, 4) is 0 Å². The SMILES string of the molecule is C=CCC1C(c2ccccc2)C(C2CCCCN2C)C(c2ccccc2)CC1N(C)C. The molecule has 2 aromatic rings. The number of hydrogen-bond donors (Lipinski definition) is 0. The molecule has 1 saturated heterocycles. The third-order valence-corrected chi connectivity index (χ3v) is 8.12. The number of likely N-dealkylation sites (tertiary alicyclic amines) is 1. The van der Waals surface area contributed by atoms with Gasteiger partial charge in [-0.15, -0.1) is 6.58 Å². The lowest BCUT2D eigenvalue weighted by Gasteiger charge is -2.54. The number of piperidine rings is 1. The highest BCUT2D eigenvalue weighted by atomic mass is 15.1. The Balaban J connectivity index is 1.86. The van der Waals surface area contributed by atoms with Gasteiger partial charge in [0.25, 0.3) is 0 Å². The van der Waals surface area contributed by atoms with E-state index in [0.29, 0.717) is 35.8 Å². The van der Waals surface area contributed by atoms with Crippen molar-refractivity contribution < 1.29 is 0 Å². The first-order valence-electron chi connectivity index (χ1n) is 12.2. The van der Waals surface area contributed by atoms with Crippen LogP contribution in [0, 0.1) is 11.8 Å². The molecule has 166 valence electrons. The minimum Gasteiger partial charge on any atom is -0.306 e. The normalized spacial score (nSPS) is 32.1. The molecule has 4 rings (SSSR count). The van der Waals surface area contributed by atoms with E-state index in [4.69, 9.17) is 0 Å². The van der Waals surface area contributed by atoms with Gasteiger partial charge in [-0.2, -0.15) is 0 Å². The highest BCUT2D eigenvalue weighted by molar-refractivity contribution is 5.30. The molecule has 1 saturated carbocycles. The summed E-state index contributed by atoms with van der Waals surface area (Å²) in [6.07, 6.45) is 8.49. The zero-order chi connectivity index (χ0) is 21.8. The Morgan fingerprint density at radius 2 is 1.61 bits per heavy atom. The molecular weight excluding hydrogens is 376 g/mol. The van der Waals surface area contributed by atoms with Gasteiger partial charge in [0.1, 0.15) is 0 Å². The van der Waals surface area contributed by atoms with Crippen LogP contribution in [0.5, 0.6) is 0 Å². The Hall–Kier alpha value is -1.90. The fourth-order valence-electron chi connectivity index (χ4n) is 6.75. The van der Waals surface area contributed by atoms with E-state index < -0.39 is 0 Å². The summed E-state index contributed by atoms with van der Waals surface area (Å²) in [5.74, 6) is 2.33. The van der Waals surface area contributed by atoms with Crippen molar-refractivity contribution >= 4 is 0 Å². The summed E-state index contributed by atoms with van der Waals surface area (Å²) in [4.78, 5) is 5.17. The van der Waals surface area contributed by atoms with Crippen LogP contribution in [0.15, 0.2) is 73.3 Å². The number of benzene rings is 2. The summed E-state index contributed by atoms with van der Waals surface area (Å²) in [6.45, 7) is 5.41. The largest absolute Gasteiger partial charge is 0.306 e. The minimum absolute atomic E-state index is 0.538. The van der Waals surface area contributed by atoms with Gasteiger partial charge in [-0.1, -0.05) is 73.2 Å². The zero-order valence-electron chi connectivity index (χ0n) is 19.7. The minimum atomic E-state index is 0.538. The molecule has 2 aliphatic rings. The van der Waals surface area contributed by atoms with Crippen molar-refractivity contribution in [1.82, 2.24) is 9.80 Å². The molecular formula is C29H40N2. The molecule has 0 aromatic heterocycles. The van der Waals surface area contributed by atoms with Gasteiger partial charge in [-0.05, 0) is 88.2 Å². The molecule has 0 radical (unpaired) electrons. The second kappa shape index (κ2) is 10.1. The molecule has 0 bridgehead atoms. The van der Waals surface area contributed by atoms with Gasteiger partial charge in [0.2, 0.25) is 0 Å². The molecule has 6 atom stereocenters. The van der Waals surface area contributed by atoms with Crippen LogP contribution in [0.3, 0.4) is 0 Å². The van der Waals surface area contributed by atoms with E-state index in [2.05, 4.69) is 104 Å². The van der Waals surface area contributed by atoms with Gasteiger partial charge in [0.15, 0.2) is 0 Å². The summed E-state index contributed by atoms with van der Waals surface area (Å²) in [7, 11) is 6.92. The standard InChI is InChI=1S/C29H40N2/c1-5-14-24-27(30(2)3)21-25(22-15-8-6-9-16-22)29(26-19-12-13-20-31(26)4)28(24)23-17-10-7-11-18-23/h5-11,15-18,24-29H,1,12-14,19-21H2,2-4H3. The molecule has 1 heterocycles. The van der Waals surface area contributed by atoms with Crippen LogP contribution in [0.1, 0.15) is 55.1 Å². The van der Waals surface area contributed by atoms with Crippen LogP contribution < -0.4 is 0 Å². The quantitative estimate of drug-likeness (QED) is 0.519. The van der Waals surface area contributed by atoms with Crippen molar-refractivity contribution in [3.05, 3.63) is 84.4 Å². The fraction of sp³-hybridized carbons (Fsp3) is 0.517. The molecule has 1 aliphatic carbocycles. The van der Waals surface area contributed by atoms with E-state index in [1.54, 1.807) is 0 Å².